The Morgan fingerprint density at radius 2 is 2.08 bits per heavy atom. The largest absolute Gasteiger partial charge is 0.497 e. The third-order valence-electron chi connectivity index (χ3n) is 3.70. The Kier molecular flexibility index (Phi) is 4.62. The number of allylic oxidation sites excluding steroid dienone is 4. The van der Waals surface area contributed by atoms with Gasteiger partial charge in [0.15, 0.2) is 0 Å². The summed E-state index contributed by atoms with van der Waals surface area (Å²) < 4.78 is 5.16. The topological polar surface area (TPSA) is 59.4 Å². The van der Waals surface area contributed by atoms with Crippen LogP contribution in [-0.4, -0.2) is 23.2 Å². The Hall–Kier alpha value is -2.66. The highest BCUT2D eigenvalue weighted by Gasteiger charge is 2.28. The lowest BCUT2D eigenvalue weighted by Gasteiger charge is -2.00. The lowest BCUT2D eigenvalue weighted by Crippen LogP contribution is -1.97. The fourth-order valence-corrected chi connectivity index (χ4v) is 3.28. The van der Waals surface area contributed by atoms with Crippen LogP contribution in [0.1, 0.15) is 17.8 Å². The molecule has 0 amide bonds. The van der Waals surface area contributed by atoms with Gasteiger partial charge in [-0.1, -0.05) is 18.2 Å². The van der Waals surface area contributed by atoms with Crippen LogP contribution in [0, 0.1) is 0 Å². The summed E-state index contributed by atoms with van der Waals surface area (Å²) in [6, 6.07) is 7.78. The Morgan fingerprint density at radius 3 is 2.71 bits per heavy atom. The van der Waals surface area contributed by atoms with Crippen LogP contribution in [0.4, 0.5) is 0 Å². The fraction of sp³-hybridized carbons (Fsp3) is 0.158. The predicted octanol–water partition coefficient (Wildman–Crippen LogP) is 4.43. The molecule has 0 saturated heterocycles. The van der Waals surface area contributed by atoms with E-state index in [-0.39, 0.29) is 11.5 Å². The van der Waals surface area contributed by atoms with Crippen LogP contribution in [0.25, 0.3) is 11.3 Å². The van der Waals surface area contributed by atoms with Gasteiger partial charge in [-0.05, 0) is 42.8 Å². The van der Waals surface area contributed by atoms with Crippen LogP contribution in [0.5, 0.6) is 5.75 Å². The van der Waals surface area contributed by atoms with E-state index in [1.54, 1.807) is 43.6 Å². The number of thiazole rings is 1. The van der Waals surface area contributed by atoms with Crippen molar-refractivity contribution < 1.29 is 14.6 Å². The molecule has 3 rings (SSSR count). The normalized spacial score (nSPS) is 17.0. The molecule has 1 N–H and O–H groups in total. The molecule has 1 unspecified atom stereocenters. The maximum absolute atomic E-state index is 11.2. The summed E-state index contributed by atoms with van der Waals surface area (Å²) in [5.74, 6) is 0.0231. The molecule has 4 nitrogen and oxygen atoms in total. The highest BCUT2D eigenvalue weighted by atomic mass is 32.1. The SMILES string of the molecule is C/C=C\C(=C/C1=CC1c1nc(-c2ccc(OC)cc2)cs1)C(=O)O. The number of nitrogens with zero attached hydrogens (tertiary/aromatic N) is 1. The molecular formula is C19H17NO3S. The molecule has 0 saturated carbocycles. The molecule has 5 heteroatoms. The van der Waals surface area contributed by atoms with Crippen molar-refractivity contribution in [1.82, 2.24) is 4.98 Å². The number of hydrogen-bond acceptors (Lipinski definition) is 4. The Morgan fingerprint density at radius 1 is 1.33 bits per heavy atom. The van der Waals surface area contributed by atoms with Gasteiger partial charge in [0.1, 0.15) is 10.8 Å². The van der Waals surface area contributed by atoms with Gasteiger partial charge in [0.2, 0.25) is 0 Å². The summed E-state index contributed by atoms with van der Waals surface area (Å²) in [7, 11) is 1.64. The minimum atomic E-state index is -0.919. The van der Waals surface area contributed by atoms with Crippen molar-refractivity contribution in [3.8, 4) is 17.0 Å². The van der Waals surface area contributed by atoms with Gasteiger partial charge in [-0.15, -0.1) is 11.3 Å². The third kappa shape index (κ3) is 3.46. The second kappa shape index (κ2) is 6.84. The van der Waals surface area contributed by atoms with E-state index in [1.165, 1.54) is 0 Å². The summed E-state index contributed by atoms with van der Waals surface area (Å²) in [6.07, 6.45) is 7.07. The lowest BCUT2D eigenvalue weighted by molar-refractivity contribution is -0.132. The first-order chi connectivity index (χ1) is 11.6. The monoisotopic (exact) mass is 339 g/mol. The van der Waals surface area contributed by atoms with Crippen LogP contribution in [-0.2, 0) is 4.79 Å². The first kappa shape index (κ1) is 16.2. The number of benzene rings is 1. The molecular weight excluding hydrogens is 322 g/mol. The van der Waals surface area contributed by atoms with Crippen molar-refractivity contribution >= 4 is 17.3 Å². The summed E-state index contributed by atoms with van der Waals surface area (Å²) in [4.78, 5) is 15.8. The molecule has 0 aliphatic heterocycles. The van der Waals surface area contributed by atoms with Crippen molar-refractivity contribution in [1.29, 1.82) is 0 Å². The number of hydrogen-bond donors (Lipinski definition) is 1. The van der Waals surface area contributed by atoms with Crippen LogP contribution in [0.2, 0.25) is 0 Å². The van der Waals surface area contributed by atoms with E-state index < -0.39 is 5.97 Å². The minimum Gasteiger partial charge on any atom is -0.497 e. The Labute approximate surface area is 144 Å². The third-order valence-corrected chi connectivity index (χ3v) is 4.63. The number of carbonyl (C=O) groups is 1. The van der Waals surface area contributed by atoms with Gasteiger partial charge >= 0.3 is 5.97 Å². The fourth-order valence-electron chi connectivity index (χ4n) is 2.36. The van der Waals surface area contributed by atoms with E-state index in [9.17, 15) is 4.79 Å². The molecule has 1 aromatic heterocycles. The molecule has 1 heterocycles. The highest BCUT2D eigenvalue weighted by molar-refractivity contribution is 7.10. The molecule has 122 valence electrons. The summed E-state index contributed by atoms with van der Waals surface area (Å²) in [5.41, 5.74) is 3.25. The van der Waals surface area contributed by atoms with Crippen LogP contribution < -0.4 is 4.74 Å². The van der Waals surface area contributed by atoms with Gasteiger partial charge in [0.25, 0.3) is 0 Å². The average molecular weight is 339 g/mol. The first-order valence-electron chi connectivity index (χ1n) is 7.51. The van der Waals surface area contributed by atoms with E-state index in [1.807, 2.05) is 35.7 Å². The van der Waals surface area contributed by atoms with Gasteiger partial charge in [-0.2, -0.15) is 0 Å². The van der Waals surface area contributed by atoms with E-state index >= 15 is 0 Å². The van der Waals surface area contributed by atoms with Crippen LogP contribution in [0.15, 0.2) is 65.1 Å². The van der Waals surface area contributed by atoms with Gasteiger partial charge in [-0.3, -0.25) is 0 Å². The maximum atomic E-state index is 11.2. The van der Waals surface area contributed by atoms with Crippen molar-refractivity contribution in [3.05, 3.63) is 70.1 Å². The van der Waals surface area contributed by atoms with Crippen LogP contribution in [0.3, 0.4) is 0 Å². The number of rotatable bonds is 6. The lowest BCUT2D eigenvalue weighted by atomic mass is 10.1. The molecule has 1 aromatic carbocycles. The predicted molar refractivity (Wildman–Crippen MR) is 95.5 cm³/mol. The molecule has 2 aromatic rings. The summed E-state index contributed by atoms with van der Waals surface area (Å²) >= 11 is 1.59. The number of aliphatic carboxylic acids is 1. The summed E-state index contributed by atoms with van der Waals surface area (Å²) in [5, 5.41) is 12.2. The van der Waals surface area contributed by atoms with Crippen molar-refractivity contribution in [2.45, 2.75) is 12.8 Å². The number of carboxylic acid groups (broad SMARTS) is 1. The Balaban J connectivity index is 1.73. The number of methoxy groups -OCH3 is 1. The molecule has 0 fully saturated rings. The van der Waals surface area contributed by atoms with Gasteiger partial charge in [0.05, 0.1) is 24.3 Å². The number of carboxylic acids is 1. The average Bonchev–Trinajstić information content (AvgIpc) is 3.18. The highest BCUT2D eigenvalue weighted by Crippen LogP contribution is 2.43. The number of ether oxygens (including phenoxy) is 1. The summed E-state index contributed by atoms with van der Waals surface area (Å²) in [6.45, 7) is 1.80. The van der Waals surface area contributed by atoms with Gasteiger partial charge in [-0.25, -0.2) is 9.78 Å². The van der Waals surface area contributed by atoms with E-state index in [4.69, 9.17) is 9.84 Å². The van der Waals surface area contributed by atoms with Crippen molar-refractivity contribution in [3.63, 3.8) is 0 Å². The molecule has 0 radical (unpaired) electrons. The molecule has 0 spiro atoms. The molecule has 1 aliphatic rings. The number of aromatic nitrogens is 1. The smallest absolute Gasteiger partial charge is 0.335 e. The zero-order valence-electron chi connectivity index (χ0n) is 13.4. The molecule has 0 bridgehead atoms. The first-order valence-corrected chi connectivity index (χ1v) is 8.39. The zero-order valence-corrected chi connectivity index (χ0v) is 14.2. The second-order valence-corrected chi connectivity index (χ2v) is 6.24. The molecule has 1 aliphatic carbocycles. The van der Waals surface area contributed by atoms with E-state index in [0.717, 1.165) is 27.6 Å². The van der Waals surface area contributed by atoms with Crippen molar-refractivity contribution in [2.24, 2.45) is 0 Å². The minimum absolute atomic E-state index is 0.126. The second-order valence-electron chi connectivity index (χ2n) is 5.35. The molecule has 1 atom stereocenters. The standard InChI is InChI=1S/C19H17NO3S/c1-3-4-13(19(21)22)9-14-10-16(14)18-20-17(11-24-18)12-5-7-15(23-2)8-6-12/h3-11,16H,1-2H3,(H,21,22)/b4-3-,13-9+. The van der Waals surface area contributed by atoms with Gasteiger partial charge in [0, 0.05) is 10.9 Å². The van der Waals surface area contributed by atoms with Crippen LogP contribution >= 0.6 is 11.3 Å². The molecule has 24 heavy (non-hydrogen) atoms. The quantitative estimate of drug-likeness (QED) is 0.625. The van der Waals surface area contributed by atoms with E-state index in [0.29, 0.717) is 0 Å². The Bertz CT molecular complexity index is 844. The van der Waals surface area contributed by atoms with Crippen molar-refractivity contribution in [2.75, 3.05) is 7.11 Å². The van der Waals surface area contributed by atoms with E-state index in [2.05, 4.69) is 4.98 Å². The van der Waals surface area contributed by atoms with Gasteiger partial charge < -0.3 is 9.84 Å². The maximum Gasteiger partial charge on any atom is 0.335 e. The zero-order chi connectivity index (χ0) is 17.1.